The second-order valence-electron chi connectivity index (χ2n) is 4.53. The van der Waals surface area contributed by atoms with Crippen LogP contribution >= 0.6 is 31.9 Å². The van der Waals surface area contributed by atoms with Crippen molar-refractivity contribution < 1.29 is 9.15 Å². The summed E-state index contributed by atoms with van der Waals surface area (Å²) in [5.74, 6) is 0.933. The first kappa shape index (κ1) is 14.5. The van der Waals surface area contributed by atoms with Crippen LogP contribution in [-0.2, 0) is 11.3 Å². The summed E-state index contributed by atoms with van der Waals surface area (Å²) < 4.78 is 12.6. The molecule has 2 rings (SSSR count). The van der Waals surface area contributed by atoms with E-state index < -0.39 is 0 Å². The zero-order valence-electron chi connectivity index (χ0n) is 10.4. The standard InChI is InChI=1S/C12H18Br2N2O2/c1-9(8-16-2-4-17-5-3-16)15-7-10-6-11(13)12(14)18-10/h6,9,15H,2-5,7-8H2,1H3. The maximum Gasteiger partial charge on any atom is 0.183 e. The van der Waals surface area contributed by atoms with Crippen LogP contribution in [0.2, 0.25) is 0 Å². The fraction of sp³-hybridized carbons (Fsp3) is 0.667. The molecular formula is C12H18Br2N2O2. The van der Waals surface area contributed by atoms with Crippen LogP contribution in [0.5, 0.6) is 0 Å². The summed E-state index contributed by atoms with van der Waals surface area (Å²) in [6.07, 6.45) is 0. The van der Waals surface area contributed by atoms with E-state index in [1.807, 2.05) is 6.07 Å². The Morgan fingerprint density at radius 1 is 1.39 bits per heavy atom. The molecule has 0 aliphatic carbocycles. The van der Waals surface area contributed by atoms with E-state index in [1.165, 1.54) is 0 Å². The number of morpholine rings is 1. The Morgan fingerprint density at radius 2 is 2.11 bits per heavy atom. The van der Waals surface area contributed by atoms with Crippen molar-refractivity contribution in [3.8, 4) is 0 Å². The molecule has 0 radical (unpaired) electrons. The molecule has 1 aliphatic rings. The smallest absolute Gasteiger partial charge is 0.183 e. The summed E-state index contributed by atoms with van der Waals surface area (Å²) in [5.41, 5.74) is 0. The number of hydrogen-bond donors (Lipinski definition) is 1. The molecule has 4 nitrogen and oxygen atoms in total. The number of nitrogens with one attached hydrogen (secondary N) is 1. The van der Waals surface area contributed by atoms with Crippen LogP contribution in [0, 0.1) is 0 Å². The van der Waals surface area contributed by atoms with Gasteiger partial charge in [0.05, 0.1) is 24.2 Å². The van der Waals surface area contributed by atoms with Crippen LogP contribution in [0.1, 0.15) is 12.7 Å². The Hall–Kier alpha value is 0.120. The van der Waals surface area contributed by atoms with E-state index in [-0.39, 0.29) is 0 Å². The van der Waals surface area contributed by atoms with Crippen LogP contribution < -0.4 is 5.32 Å². The molecule has 0 aromatic carbocycles. The number of furan rings is 1. The van der Waals surface area contributed by atoms with Crippen molar-refractivity contribution in [1.29, 1.82) is 0 Å². The molecule has 0 amide bonds. The van der Waals surface area contributed by atoms with E-state index in [4.69, 9.17) is 9.15 Å². The first-order chi connectivity index (χ1) is 8.65. The summed E-state index contributed by atoms with van der Waals surface area (Å²) in [5, 5.41) is 3.47. The predicted octanol–water partition coefficient (Wildman–Crippen LogP) is 2.61. The Bertz CT molecular complexity index is 359. The van der Waals surface area contributed by atoms with Gasteiger partial charge >= 0.3 is 0 Å². The van der Waals surface area contributed by atoms with Crippen molar-refractivity contribution in [2.45, 2.75) is 19.5 Å². The monoisotopic (exact) mass is 380 g/mol. The van der Waals surface area contributed by atoms with Crippen molar-refractivity contribution in [3.63, 3.8) is 0 Å². The second kappa shape index (κ2) is 7.05. The van der Waals surface area contributed by atoms with Gasteiger partial charge in [-0.2, -0.15) is 0 Å². The molecule has 18 heavy (non-hydrogen) atoms. The molecule has 1 atom stereocenters. The summed E-state index contributed by atoms with van der Waals surface area (Å²) in [6, 6.07) is 2.42. The molecular weight excluding hydrogens is 364 g/mol. The minimum absolute atomic E-state index is 0.436. The van der Waals surface area contributed by atoms with Crippen molar-refractivity contribution in [1.82, 2.24) is 10.2 Å². The highest BCUT2D eigenvalue weighted by Gasteiger charge is 2.14. The molecule has 0 spiro atoms. The molecule has 0 saturated carbocycles. The van der Waals surface area contributed by atoms with E-state index in [0.717, 1.165) is 54.3 Å². The average Bonchev–Trinajstić information content (AvgIpc) is 2.68. The normalized spacial score (nSPS) is 19.1. The summed E-state index contributed by atoms with van der Waals surface area (Å²) >= 11 is 6.75. The molecule has 1 unspecified atom stereocenters. The lowest BCUT2D eigenvalue weighted by molar-refractivity contribution is 0.0342. The van der Waals surface area contributed by atoms with Crippen molar-refractivity contribution >= 4 is 31.9 Å². The van der Waals surface area contributed by atoms with Gasteiger partial charge in [-0.1, -0.05) is 0 Å². The molecule has 1 N–H and O–H groups in total. The first-order valence-electron chi connectivity index (χ1n) is 6.12. The fourth-order valence-corrected chi connectivity index (χ4v) is 2.65. The minimum Gasteiger partial charge on any atom is -0.452 e. The van der Waals surface area contributed by atoms with Crippen molar-refractivity contribution in [3.05, 3.63) is 21.0 Å². The maximum atomic E-state index is 5.53. The molecule has 6 heteroatoms. The van der Waals surface area contributed by atoms with Gasteiger partial charge in [-0.3, -0.25) is 4.90 Å². The lowest BCUT2D eigenvalue weighted by Gasteiger charge is -2.29. The minimum atomic E-state index is 0.436. The number of rotatable bonds is 5. The average molecular weight is 382 g/mol. The van der Waals surface area contributed by atoms with Crippen LogP contribution in [0.3, 0.4) is 0 Å². The van der Waals surface area contributed by atoms with Gasteiger partial charge in [-0.25, -0.2) is 0 Å². The van der Waals surface area contributed by atoms with Gasteiger partial charge < -0.3 is 14.5 Å². The van der Waals surface area contributed by atoms with E-state index in [0.29, 0.717) is 6.04 Å². The van der Waals surface area contributed by atoms with E-state index in [1.54, 1.807) is 0 Å². The zero-order valence-corrected chi connectivity index (χ0v) is 13.6. The Balaban J connectivity index is 1.72. The van der Waals surface area contributed by atoms with Gasteiger partial charge in [0.2, 0.25) is 0 Å². The Morgan fingerprint density at radius 3 is 2.72 bits per heavy atom. The maximum absolute atomic E-state index is 5.53. The molecule has 1 aromatic rings. The molecule has 102 valence electrons. The third kappa shape index (κ3) is 4.35. The first-order valence-corrected chi connectivity index (χ1v) is 7.71. The number of ether oxygens (including phenoxy) is 1. The Labute approximate surface area is 124 Å². The quantitative estimate of drug-likeness (QED) is 0.850. The lowest BCUT2D eigenvalue weighted by atomic mass is 10.2. The van der Waals surface area contributed by atoms with Gasteiger partial charge in [0, 0.05) is 25.7 Å². The molecule has 1 fully saturated rings. The molecule has 0 bridgehead atoms. The van der Waals surface area contributed by atoms with Gasteiger partial charge in [0.25, 0.3) is 0 Å². The lowest BCUT2D eigenvalue weighted by Crippen LogP contribution is -2.44. The molecule has 1 aromatic heterocycles. The zero-order chi connectivity index (χ0) is 13.0. The van der Waals surface area contributed by atoms with Crippen LogP contribution in [0.4, 0.5) is 0 Å². The highest BCUT2D eigenvalue weighted by Crippen LogP contribution is 2.26. The van der Waals surface area contributed by atoms with E-state index >= 15 is 0 Å². The largest absolute Gasteiger partial charge is 0.452 e. The second-order valence-corrected chi connectivity index (χ2v) is 6.10. The van der Waals surface area contributed by atoms with Crippen LogP contribution in [-0.4, -0.2) is 43.8 Å². The third-order valence-corrected chi connectivity index (χ3v) is 4.67. The molecule has 1 saturated heterocycles. The number of hydrogen-bond acceptors (Lipinski definition) is 4. The highest BCUT2D eigenvalue weighted by molar-refractivity contribution is 9.13. The summed E-state index contributed by atoms with van der Waals surface area (Å²) in [6.45, 7) is 7.76. The topological polar surface area (TPSA) is 37.6 Å². The van der Waals surface area contributed by atoms with Crippen LogP contribution in [0.25, 0.3) is 0 Å². The SMILES string of the molecule is CC(CN1CCOCC1)NCc1cc(Br)c(Br)o1. The number of halogens is 2. The molecule has 2 heterocycles. The van der Waals surface area contributed by atoms with E-state index in [2.05, 4.69) is 49.0 Å². The highest BCUT2D eigenvalue weighted by atomic mass is 79.9. The fourth-order valence-electron chi connectivity index (χ4n) is 1.99. The number of nitrogens with zero attached hydrogens (tertiary/aromatic N) is 1. The van der Waals surface area contributed by atoms with Gasteiger partial charge in [-0.15, -0.1) is 0 Å². The van der Waals surface area contributed by atoms with Gasteiger partial charge in [0.15, 0.2) is 4.67 Å². The summed E-state index contributed by atoms with van der Waals surface area (Å²) in [7, 11) is 0. The van der Waals surface area contributed by atoms with Gasteiger partial charge in [0.1, 0.15) is 5.76 Å². The summed E-state index contributed by atoms with van der Waals surface area (Å²) in [4.78, 5) is 2.43. The Kier molecular flexibility index (Phi) is 5.69. The third-order valence-electron chi connectivity index (χ3n) is 2.96. The van der Waals surface area contributed by atoms with Gasteiger partial charge in [-0.05, 0) is 44.8 Å². The molecule has 1 aliphatic heterocycles. The van der Waals surface area contributed by atoms with E-state index in [9.17, 15) is 0 Å². The predicted molar refractivity (Wildman–Crippen MR) is 77.7 cm³/mol. The van der Waals surface area contributed by atoms with Crippen LogP contribution in [0.15, 0.2) is 19.6 Å². The van der Waals surface area contributed by atoms with Crippen molar-refractivity contribution in [2.24, 2.45) is 0 Å². The van der Waals surface area contributed by atoms with Crippen molar-refractivity contribution in [2.75, 3.05) is 32.8 Å².